The molecule has 0 aromatic heterocycles. The molecule has 0 saturated carbocycles. The SMILES string of the molecule is O=C(CCNS(=O)(=O)c1ccc(F)c(Cl)c1)Nc1ccc2c(c1)OCCO2. The maximum atomic E-state index is 13.1. The van der Waals surface area contributed by atoms with Gasteiger partial charge < -0.3 is 14.8 Å². The van der Waals surface area contributed by atoms with Crippen LogP contribution in [0.4, 0.5) is 10.1 Å². The number of carbonyl (C=O) groups excluding carboxylic acids is 1. The third kappa shape index (κ3) is 4.88. The van der Waals surface area contributed by atoms with Crippen molar-refractivity contribution in [3.63, 3.8) is 0 Å². The molecule has 7 nitrogen and oxygen atoms in total. The van der Waals surface area contributed by atoms with E-state index in [1.165, 1.54) is 0 Å². The summed E-state index contributed by atoms with van der Waals surface area (Å²) in [5, 5.41) is 2.36. The Morgan fingerprint density at radius 2 is 1.85 bits per heavy atom. The Balaban J connectivity index is 1.54. The van der Waals surface area contributed by atoms with Crippen molar-refractivity contribution in [3.8, 4) is 11.5 Å². The van der Waals surface area contributed by atoms with Gasteiger partial charge in [0.1, 0.15) is 19.0 Å². The predicted octanol–water partition coefficient (Wildman–Crippen LogP) is 2.56. The largest absolute Gasteiger partial charge is 0.486 e. The summed E-state index contributed by atoms with van der Waals surface area (Å²) in [5.74, 6) is 0.0406. The summed E-state index contributed by atoms with van der Waals surface area (Å²) in [4.78, 5) is 11.8. The van der Waals surface area contributed by atoms with Crippen LogP contribution in [-0.4, -0.2) is 34.1 Å². The number of nitrogens with one attached hydrogen (secondary N) is 2. The van der Waals surface area contributed by atoms with Crippen LogP contribution in [0.25, 0.3) is 0 Å². The number of ether oxygens (including phenoxy) is 2. The number of anilines is 1. The zero-order valence-electron chi connectivity index (χ0n) is 14.0. The number of rotatable bonds is 6. The summed E-state index contributed by atoms with van der Waals surface area (Å²) < 4.78 is 50.5. The minimum Gasteiger partial charge on any atom is -0.486 e. The quantitative estimate of drug-likeness (QED) is 0.757. The normalized spacial score (nSPS) is 13.3. The highest BCUT2D eigenvalue weighted by molar-refractivity contribution is 7.89. The van der Waals surface area contributed by atoms with Gasteiger partial charge in [-0.25, -0.2) is 17.5 Å². The molecule has 1 aliphatic rings. The van der Waals surface area contributed by atoms with E-state index in [0.29, 0.717) is 30.4 Å². The molecular formula is C17H16ClFN2O5S. The lowest BCUT2D eigenvalue weighted by Gasteiger charge is -2.19. The topological polar surface area (TPSA) is 93.7 Å². The van der Waals surface area contributed by atoms with E-state index in [2.05, 4.69) is 10.0 Å². The smallest absolute Gasteiger partial charge is 0.240 e. The number of hydrogen-bond donors (Lipinski definition) is 2. The lowest BCUT2D eigenvalue weighted by Crippen LogP contribution is -2.28. The third-order valence-electron chi connectivity index (χ3n) is 3.67. The van der Waals surface area contributed by atoms with Gasteiger partial charge in [-0.05, 0) is 30.3 Å². The fourth-order valence-corrected chi connectivity index (χ4v) is 3.67. The van der Waals surface area contributed by atoms with Crippen LogP contribution in [0.1, 0.15) is 6.42 Å². The van der Waals surface area contributed by atoms with Crippen molar-refractivity contribution < 1.29 is 27.1 Å². The van der Waals surface area contributed by atoms with Gasteiger partial charge in [0.15, 0.2) is 11.5 Å². The van der Waals surface area contributed by atoms with Crippen molar-refractivity contribution in [1.29, 1.82) is 0 Å². The number of sulfonamides is 1. The van der Waals surface area contributed by atoms with Crippen molar-refractivity contribution in [2.24, 2.45) is 0 Å². The molecule has 0 saturated heterocycles. The zero-order chi connectivity index (χ0) is 19.4. The van der Waals surface area contributed by atoms with E-state index in [9.17, 15) is 17.6 Å². The Hall–Kier alpha value is -2.36. The first-order chi connectivity index (χ1) is 12.8. The summed E-state index contributed by atoms with van der Waals surface area (Å²) in [5.41, 5.74) is 0.512. The Kier molecular flexibility index (Phi) is 5.83. The summed E-state index contributed by atoms with van der Waals surface area (Å²) in [6.45, 7) is 0.769. The van der Waals surface area contributed by atoms with Crippen molar-refractivity contribution in [2.45, 2.75) is 11.3 Å². The fourth-order valence-electron chi connectivity index (χ4n) is 2.37. The minimum absolute atomic E-state index is 0.0946. The van der Waals surface area contributed by atoms with E-state index < -0.39 is 15.8 Å². The average molecular weight is 415 g/mol. The van der Waals surface area contributed by atoms with Crippen LogP contribution in [0.2, 0.25) is 5.02 Å². The highest BCUT2D eigenvalue weighted by atomic mass is 35.5. The molecule has 2 aromatic rings. The fraction of sp³-hybridized carbons (Fsp3) is 0.235. The Morgan fingerprint density at radius 1 is 1.11 bits per heavy atom. The van der Waals surface area contributed by atoms with E-state index in [1.54, 1.807) is 18.2 Å². The van der Waals surface area contributed by atoms with Gasteiger partial charge in [0.05, 0.1) is 9.92 Å². The molecule has 10 heteroatoms. The molecular weight excluding hydrogens is 399 g/mol. The second-order valence-electron chi connectivity index (χ2n) is 5.63. The van der Waals surface area contributed by atoms with Gasteiger partial charge >= 0.3 is 0 Å². The molecule has 144 valence electrons. The van der Waals surface area contributed by atoms with Gasteiger partial charge in [0.25, 0.3) is 0 Å². The minimum atomic E-state index is -3.90. The van der Waals surface area contributed by atoms with Crippen LogP contribution in [0, 0.1) is 5.82 Å². The van der Waals surface area contributed by atoms with Crippen LogP contribution < -0.4 is 19.5 Å². The molecule has 0 aliphatic carbocycles. The van der Waals surface area contributed by atoms with Crippen molar-refractivity contribution in [3.05, 3.63) is 47.2 Å². The van der Waals surface area contributed by atoms with Crippen LogP contribution >= 0.6 is 11.6 Å². The molecule has 0 atom stereocenters. The summed E-state index contributed by atoms with van der Waals surface area (Å²) in [7, 11) is -3.90. The van der Waals surface area contributed by atoms with Crippen molar-refractivity contribution in [1.82, 2.24) is 4.72 Å². The molecule has 0 unspecified atom stereocenters. The van der Waals surface area contributed by atoms with Gasteiger partial charge in [-0.3, -0.25) is 4.79 Å². The first kappa shape index (κ1) is 19.4. The highest BCUT2D eigenvalue weighted by Gasteiger charge is 2.17. The monoisotopic (exact) mass is 414 g/mol. The third-order valence-corrected chi connectivity index (χ3v) is 5.42. The summed E-state index contributed by atoms with van der Waals surface area (Å²) >= 11 is 5.59. The number of carbonyl (C=O) groups is 1. The number of hydrogen-bond acceptors (Lipinski definition) is 5. The van der Waals surface area contributed by atoms with Gasteiger partial charge in [0.2, 0.25) is 15.9 Å². The molecule has 1 amide bonds. The van der Waals surface area contributed by atoms with E-state index in [0.717, 1.165) is 18.2 Å². The maximum Gasteiger partial charge on any atom is 0.240 e. The molecule has 0 fully saturated rings. The molecule has 0 bridgehead atoms. The van der Waals surface area contributed by atoms with Crippen LogP contribution in [0.5, 0.6) is 11.5 Å². The Labute approximate surface area is 160 Å². The number of benzene rings is 2. The zero-order valence-corrected chi connectivity index (χ0v) is 15.6. The Morgan fingerprint density at radius 3 is 2.59 bits per heavy atom. The van der Waals surface area contributed by atoms with E-state index in [-0.39, 0.29) is 28.8 Å². The summed E-state index contributed by atoms with van der Waals surface area (Å²) in [6.07, 6.45) is -0.0946. The van der Waals surface area contributed by atoms with Crippen LogP contribution in [0.3, 0.4) is 0 Å². The van der Waals surface area contributed by atoms with Crippen molar-refractivity contribution >= 4 is 33.2 Å². The highest BCUT2D eigenvalue weighted by Crippen LogP contribution is 2.32. The molecule has 2 N–H and O–H groups in total. The number of amides is 1. The van der Waals surface area contributed by atoms with E-state index >= 15 is 0 Å². The molecule has 27 heavy (non-hydrogen) atoms. The van der Waals surface area contributed by atoms with Gasteiger partial charge in [-0.15, -0.1) is 0 Å². The van der Waals surface area contributed by atoms with E-state index in [4.69, 9.17) is 21.1 Å². The summed E-state index contributed by atoms with van der Waals surface area (Å²) in [6, 6.07) is 8.05. The lowest BCUT2D eigenvalue weighted by atomic mass is 10.2. The molecule has 0 radical (unpaired) electrons. The first-order valence-electron chi connectivity index (χ1n) is 7.99. The first-order valence-corrected chi connectivity index (χ1v) is 9.85. The molecule has 2 aromatic carbocycles. The predicted molar refractivity (Wildman–Crippen MR) is 97.3 cm³/mol. The number of fused-ring (bicyclic) bond motifs is 1. The molecule has 1 heterocycles. The molecule has 0 spiro atoms. The maximum absolute atomic E-state index is 13.1. The second-order valence-corrected chi connectivity index (χ2v) is 7.80. The molecule has 3 rings (SSSR count). The van der Waals surface area contributed by atoms with Crippen LogP contribution in [-0.2, 0) is 14.8 Å². The average Bonchev–Trinajstić information content (AvgIpc) is 2.63. The van der Waals surface area contributed by atoms with Gasteiger partial charge in [0, 0.05) is 24.7 Å². The van der Waals surface area contributed by atoms with Crippen molar-refractivity contribution in [2.75, 3.05) is 25.1 Å². The Bertz CT molecular complexity index is 968. The number of halogens is 2. The second kappa shape index (κ2) is 8.12. The molecule has 1 aliphatic heterocycles. The van der Waals surface area contributed by atoms with Gasteiger partial charge in [-0.2, -0.15) is 0 Å². The van der Waals surface area contributed by atoms with Crippen LogP contribution in [0.15, 0.2) is 41.3 Å². The van der Waals surface area contributed by atoms with Gasteiger partial charge in [-0.1, -0.05) is 11.6 Å². The lowest BCUT2D eigenvalue weighted by molar-refractivity contribution is -0.116. The standard InChI is InChI=1S/C17H16ClFN2O5S/c18-13-10-12(2-3-14(13)19)27(23,24)20-6-5-17(22)21-11-1-4-15-16(9-11)26-8-7-25-15/h1-4,9-10,20H,5-8H2,(H,21,22). The van der Waals surface area contributed by atoms with E-state index in [1.807, 2.05) is 0 Å².